The van der Waals surface area contributed by atoms with Gasteiger partial charge in [0.05, 0.1) is 17.3 Å². The minimum absolute atomic E-state index is 0.410. The van der Waals surface area contributed by atoms with Crippen LogP contribution in [0.1, 0.15) is 11.3 Å². The van der Waals surface area contributed by atoms with Crippen molar-refractivity contribution in [1.82, 2.24) is 4.57 Å². The fraction of sp³-hybridized carbons (Fsp3) is 0.154. The van der Waals surface area contributed by atoms with E-state index in [-0.39, 0.29) is 0 Å². The number of rotatable bonds is 4. The van der Waals surface area contributed by atoms with Crippen molar-refractivity contribution in [2.45, 2.75) is 6.54 Å². The fourth-order valence-corrected chi connectivity index (χ4v) is 2.55. The number of halogens is 1. The molecule has 0 aliphatic carbocycles. The number of benzene rings is 1. The van der Waals surface area contributed by atoms with E-state index in [2.05, 4.69) is 15.9 Å². The Kier molecular flexibility index (Phi) is 4.04. The average Bonchev–Trinajstić information content (AvgIpc) is 2.77. The summed E-state index contributed by atoms with van der Waals surface area (Å²) in [5.41, 5.74) is 7.69. The number of thiocarbonyl (C=S) groups is 1. The van der Waals surface area contributed by atoms with Crippen molar-refractivity contribution in [2.24, 2.45) is 5.73 Å². The lowest BCUT2D eigenvalue weighted by atomic mass is 10.2. The van der Waals surface area contributed by atoms with Crippen LogP contribution in [-0.2, 0) is 6.54 Å². The lowest BCUT2D eigenvalue weighted by molar-refractivity contribution is 0.412. The van der Waals surface area contributed by atoms with Gasteiger partial charge >= 0.3 is 0 Å². The summed E-state index contributed by atoms with van der Waals surface area (Å²) >= 11 is 8.49. The normalized spacial score (nSPS) is 10.3. The molecule has 1 heterocycles. The van der Waals surface area contributed by atoms with Gasteiger partial charge in [0.15, 0.2) is 0 Å². The summed E-state index contributed by atoms with van der Waals surface area (Å²) in [5.74, 6) is 0.820. The Bertz CT molecular complexity index is 580. The van der Waals surface area contributed by atoms with E-state index in [0.717, 1.165) is 28.0 Å². The number of methoxy groups -OCH3 is 1. The Balaban J connectivity index is 2.26. The first kappa shape index (κ1) is 13.1. The van der Waals surface area contributed by atoms with Crippen LogP contribution in [-0.4, -0.2) is 16.7 Å². The molecule has 1 aromatic heterocycles. The molecule has 0 aliphatic heterocycles. The van der Waals surface area contributed by atoms with Crippen molar-refractivity contribution in [3.8, 4) is 5.75 Å². The zero-order valence-corrected chi connectivity index (χ0v) is 12.3. The second kappa shape index (κ2) is 5.54. The lowest BCUT2D eigenvalue weighted by Crippen LogP contribution is -2.15. The molecule has 0 bridgehead atoms. The standard InChI is InChI=1S/C13H13BrN2OS/c1-17-12-5-4-9(7-10(12)14)8-16-6-2-3-11(16)13(15)18/h2-7H,8H2,1H3,(H2,15,18). The third-order valence-electron chi connectivity index (χ3n) is 2.65. The number of ether oxygens (including phenoxy) is 1. The van der Waals surface area contributed by atoms with E-state index in [0.29, 0.717) is 4.99 Å². The first-order valence-corrected chi connectivity index (χ1v) is 6.59. The molecule has 94 valence electrons. The summed E-state index contributed by atoms with van der Waals surface area (Å²) in [4.78, 5) is 0.410. The van der Waals surface area contributed by atoms with Crippen molar-refractivity contribution in [3.05, 3.63) is 52.3 Å². The number of hydrogen-bond acceptors (Lipinski definition) is 2. The van der Waals surface area contributed by atoms with Crippen LogP contribution >= 0.6 is 28.1 Å². The van der Waals surface area contributed by atoms with E-state index >= 15 is 0 Å². The van der Waals surface area contributed by atoms with Crippen molar-refractivity contribution in [3.63, 3.8) is 0 Å². The molecule has 0 radical (unpaired) electrons. The molecule has 18 heavy (non-hydrogen) atoms. The van der Waals surface area contributed by atoms with Gasteiger partial charge in [0, 0.05) is 12.7 Å². The van der Waals surface area contributed by atoms with Crippen molar-refractivity contribution in [1.29, 1.82) is 0 Å². The Morgan fingerprint density at radius 2 is 2.22 bits per heavy atom. The van der Waals surface area contributed by atoms with Gasteiger partial charge in [-0.25, -0.2) is 0 Å². The van der Waals surface area contributed by atoms with Crippen LogP contribution in [0.4, 0.5) is 0 Å². The molecular formula is C13H13BrN2OS. The van der Waals surface area contributed by atoms with E-state index in [1.54, 1.807) is 7.11 Å². The summed E-state index contributed by atoms with van der Waals surface area (Å²) in [6, 6.07) is 9.84. The van der Waals surface area contributed by atoms with Gasteiger partial charge in [0.2, 0.25) is 0 Å². The quantitative estimate of drug-likeness (QED) is 0.879. The predicted molar refractivity (Wildman–Crippen MR) is 80.1 cm³/mol. The first-order valence-electron chi connectivity index (χ1n) is 5.39. The molecule has 2 rings (SSSR count). The summed E-state index contributed by atoms with van der Waals surface area (Å²) < 4.78 is 8.16. The van der Waals surface area contributed by atoms with Crippen LogP contribution in [0.25, 0.3) is 0 Å². The second-order valence-electron chi connectivity index (χ2n) is 3.85. The summed E-state index contributed by atoms with van der Waals surface area (Å²) in [7, 11) is 1.65. The highest BCUT2D eigenvalue weighted by molar-refractivity contribution is 9.10. The fourth-order valence-electron chi connectivity index (χ4n) is 1.78. The van der Waals surface area contributed by atoms with Crippen LogP contribution in [0.15, 0.2) is 41.0 Å². The van der Waals surface area contributed by atoms with Gasteiger partial charge in [-0.2, -0.15) is 0 Å². The van der Waals surface area contributed by atoms with Crippen molar-refractivity contribution in [2.75, 3.05) is 7.11 Å². The zero-order chi connectivity index (χ0) is 13.1. The van der Waals surface area contributed by atoms with Crippen LogP contribution in [0, 0.1) is 0 Å². The Labute approximate surface area is 120 Å². The van der Waals surface area contributed by atoms with Crippen LogP contribution < -0.4 is 10.5 Å². The van der Waals surface area contributed by atoms with E-state index in [9.17, 15) is 0 Å². The summed E-state index contributed by atoms with van der Waals surface area (Å²) in [5, 5.41) is 0. The third kappa shape index (κ3) is 2.73. The largest absolute Gasteiger partial charge is 0.496 e. The number of nitrogens with zero attached hydrogens (tertiary/aromatic N) is 1. The molecule has 0 atom stereocenters. The Hall–Kier alpha value is -1.33. The zero-order valence-electron chi connectivity index (χ0n) is 9.89. The van der Waals surface area contributed by atoms with Crippen molar-refractivity contribution < 1.29 is 4.74 Å². The molecule has 5 heteroatoms. The van der Waals surface area contributed by atoms with Gasteiger partial charge in [-0.15, -0.1) is 0 Å². The van der Waals surface area contributed by atoms with E-state index in [4.69, 9.17) is 22.7 Å². The molecule has 0 amide bonds. The van der Waals surface area contributed by atoms with Crippen molar-refractivity contribution >= 4 is 33.1 Å². The monoisotopic (exact) mass is 324 g/mol. The second-order valence-corrected chi connectivity index (χ2v) is 5.15. The highest BCUT2D eigenvalue weighted by Crippen LogP contribution is 2.26. The molecule has 0 saturated carbocycles. The Morgan fingerprint density at radius 3 is 2.83 bits per heavy atom. The maximum Gasteiger partial charge on any atom is 0.133 e. The minimum Gasteiger partial charge on any atom is -0.496 e. The molecule has 0 unspecified atom stereocenters. The lowest BCUT2D eigenvalue weighted by Gasteiger charge is -2.10. The van der Waals surface area contributed by atoms with E-state index < -0.39 is 0 Å². The van der Waals surface area contributed by atoms with E-state index in [1.165, 1.54) is 0 Å². The number of hydrogen-bond donors (Lipinski definition) is 1. The molecule has 0 aliphatic rings. The van der Waals surface area contributed by atoms with Gasteiger partial charge in [0.25, 0.3) is 0 Å². The maximum atomic E-state index is 5.67. The van der Waals surface area contributed by atoms with Gasteiger partial charge < -0.3 is 15.0 Å². The summed E-state index contributed by atoms with van der Waals surface area (Å²) in [6.07, 6.45) is 1.96. The van der Waals surface area contributed by atoms with E-state index in [1.807, 2.05) is 41.1 Å². The van der Waals surface area contributed by atoms with Crippen LogP contribution in [0.2, 0.25) is 0 Å². The highest BCUT2D eigenvalue weighted by atomic mass is 79.9. The van der Waals surface area contributed by atoms with Crippen LogP contribution in [0.5, 0.6) is 5.75 Å². The SMILES string of the molecule is COc1ccc(Cn2cccc2C(N)=S)cc1Br. The number of nitrogens with two attached hydrogens (primary N) is 1. The van der Waals surface area contributed by atoms with Gasteiger partial charge in [-0.05, 0) is 45.8 Å². The molecule has 2 N–H and O–H groups in total. The smallest absolute Gasteiger partial charge is 0.133 e. The average molecular weight is 325 g/mol. The summed E-state index contributed by atoms with van der Waals surface area (Å²) in [6.45, 7) is 0.724. The third-order valence-corrected chi connectivity index (χ3v) is 3.48. The van der Waals surface area contributed by atoms with Gasteiger partial charge in [-0.1, -0.05) is 18.3 Å². The minimum atomic E-state index is 0.410. The molecule has 0 spiro atoms. The Morgan fingerprint density at radius 1 is 1.44 bits per heavy atom. The van der Waals surface area contributed by atoms with Gasteiger partial charge in [-0.3, -0.25) is 0 Å². The highest BCUT2D eigenvalue weighted by Gasteiger charge is 2.06. The topological polar surface area (TPSA) is 40.2 Å². The molecule has 0 saturated heterocycles. The number of aromatic nitrogens is 1. The maximum absolute atomic E-state index is 5.67. The van der Waals surface area contributed by atoms with Crippen LogP contribution in [0.3, 0.4) is 0 Å². The molecule has 2 aromatic rings. The molecule has 3 nitrogen and oxygen atoms in total. The molecule has 1 aromatic carbocycles. The molecule has 0 fully saturated rings. The van der Waals surface area contributed by atoms with Gasteiger partial charge in [0.1, 0.15) is 10.7 Å². The first-order chi connectivity index (χ1) is 8.61. The molecular weight excluding hydrogens is 312 g/mol. The predicted octanol–water partition coefficient (Wildman–Crippen LogP) is 2.94.